The zero-order valence-electron chi connectivity index (χ0n) is 20.9. The third kappa shape index (κ3) is 6.91. The van der Waals surface area contributed by atoms with Crippen molar-refractivity contribution in [2.45, 2.75) is 83.0 Å². The Hall–Kier alpha value is -2.26. The number of imidazole rings is 1. The van der Waals surface area contributed by atoms with Crippen LogP contribution in [-0.4, -0.2) is 48.0 Å². The Bertz CT molecular complexity index is 1150. The van der Waals surface area contributed by atoms with E-state index in [1.165, 1.54) is 18.2 Å². The van der Waals surface area contributed by atoms with Gasteiger partial charge in [0.1, 0.15) is 5.82 Å². The van der Waals surface area contributed by atoms with E-state index in [2.05, 4.69) is 4.98 Å². The van der Waals surface area contributed by atoms with Crippen LogP contribution >= 0.6 is 0 Å². The third-order valence-corrected chi connectivity index (χ3v) is 8.03. The molecule has 7 nitrogen and oxygen atoms in total. The average molecular weight is 506 g/mol. The molecule has 2 aliphatic rings. The summed E-state index contributed by atoms with van der Waals surface area (Å²) in [6.45, 7) is 8.05. The van der Waals surface area contributed by atoms with Crippen molar-refractivity contribution in [1.29, 1.82) is 0 Å². The second kappa shape index (κ2) is 10.4. The quantitative estimate of drug-likeness (QED) is 0.480. The molecule has 4 rings (SSSR count). The van der Waals surface area contributed by atoms with E-state index in [-0.39, 0.29) is 28.1 Å². The fraction of sp³-hybridized carbons (Fsp3) is 0.615. The Balaban J connectivity index is 1.64. The molecule has 1 aromatic heterocycles. The molecule has 1 saturated carbocycles. The summed E-state index contributed by atoms with van der Waals surface area (Å²) in [6.07, 6.45) is 5.81. The van der Waals surface area contributed by atoms with Gasteiger partial charge in [-0.2, -0.15) is 0 Å². The number of ether oxygens (including phenoxy) is 1. The summed E-state index contributed by atoms with van der Waals surface area (Å²) in [6, 6.07) is 5.88. The van der Waals surface area contributed by atoms with Crippen LogP contribution in [0.4, 0.5) is 4.39 Å². The van der Waals surface area contributed by atoms with E-state index >= 15 is 0 Å². The lowest BCUT2D eigenvalue weighted by atomic mass is 9.91. The van der Waals surface area contributed by atoms with E-state index < -0.39 is 21.4 Å². The van der Waals surface area contributed by atoms with Gasteiger partial charge in [-0.1, -0.05) is 39.0 Å². The molecule has 0 N–H and O–H groups in total. The van der Waals surface area contributed by atoms with Crippen molar-refractivity contribution in [1.82, 2.24) is 14.5 Å². The van der Waals surface area contributed by atoms with Gasteiger partial charge in [-0.05, 0) is 43.1 Å². The number of hydrogen-bond donors (Lipinski definition) is 0. The van der Waals surface area contributed by atoms with Gasteiger partial charge in [-0.15, -0.1) is 0 Å². The molecule has 1 aliphatic carbocycles. The lowest BCUT2D eigenvalue weighted by Gasteiger charge is -2.27. The second-order valence-corrected chi connectivity index (χ2v) is 13.0. The maximum atomic E-state index is 14.2. The summed E-state index contributed by atoms with van der Waals surface area (Å²) >= 11 is 0. The Kier molecular flexibility index (Phi) is 7.66. The smallest absolute Gasteiger partial charge is 0.228 e. The number of sulfone groups is 1. The summed E-state index contributed by atoms with van der Waals surface area (Å²) in [7, 11) is -3.93. The lowest BCUT2D eigenvalue weighted by molar-refractivity contribution is -0.134. The third-order valence-electron chi connectivity index (χ3n) is 6.46. The molecule has 192 valence electrons. The standard InChI is InChI=1S/C26H36FN3O4S/c1-26(2,3)13-24(31)29(15-19-10-11-19)16-21-14-28-25(30(21)17-22-8-6-12-34-22)35(32,33)18-20-7-4-5-9-23(20)27/h4-5,7,9,14,19,22H,6,8,10-13,15-18H2,1-3H3/t22-/m0/s1. The van der Waals surface area contributed by atoms with Gasteiger partial charge >= 0.3 is 0 Å². The maximum Gasteiger partial charge on any atom is 0.228 e. The van der Waals surface area contributed by atoms with Crippen molar-refractivity contribution in [3.05, 3.63) is 47.5 Å². The van der Waals surface area contributed by atoms with Crippen LogP contribution in [-0.2, 0) is 38.2 Å². The van der Waals surface area contributed by atoms with Crippen molar-refractivity contribution in [3.63, 3.8) is 0 Å². The number of hydrogen-bond acceptors (Lipinski definition) is 5. The highest BCUT2D eigenvalue weighted by atomic mass is 32.2. The minimum atomic E-state index is -3.93. The monoisotopic (exact) mass is 505 g/mol. The number of benzene rings is 1. The first kappa shape index (κ1) is 25.8. The molecule has 1 amide bonds. The Labute approximate surface area is 207 Å². The van der Waals surface area contributed by atoms with Gasteiger partial charge in [0.05, 0.1) is 36.8 Å². The number of aromatic nitrogens is 2. The molecule has 1 atom stereocenters. The number of halogens is 1. The number of carbonyl (C=O) groups excluding carboxylic acids is 1. The summed E-state index contributed by atoms with van der Waals surface area (Å²) in [5, 5.41) is -0.0964. The average Bonchev–Trinajstić information content (AvgIpc) is 3.25. The molecule has 0 radical (unpaired) electrons. The first-order valence-corrected chi connectivity index (χ1v) is 14.1. The molecular formula is C26H36FN3O4S. The SMILES string of the molecule is CC(C)(C)CC(=O)N(Cc1cnc(S(=O)(=O)Cc2ccccc2F)n1C[C@@H]1CCCO1)CC1CC1. The topological polar surface area (TPSA) is 81.5 Å². The molecule has 2 fully saturated rings. The van der Waals surface area contributed by atoms with Crippen LogP contribution in [0, 0.1) is 17.2 Å². The number of rotatable bonds is 10. The predicted octanol–water partition coefficient (Wildman–Crippen LogP) is 4.35. The van der Waals surface area contributed by atoms with Crippen LogP contribution < -0.4 is 0 Å². The highest BCUT2D eigenvalue weighted by Gasteiger charge is 2.32. The fourth-order valence-corrected chi connectivity index (χ4v) is 5.98. The highest BCUT2D eigenvalue weighted by molar-refractivity contribution is 7.90. The highest BCUT2D eigenvalue weighted by Crippen LogP contribution is 2.32. The van der Waals surface area contributed by atoms with E-state index in [4.69, 9.17) is 4.74 Å². The normalized spacial score (nSPS) is 18.7. The molecule has 0 bridgehead atoms. The van der Waals surface area contributed by atoms with Gasteiger partial charge in [0.25, 0.3) is 0 Å². The van der Waals surface area contributed by atoms with Gasteiger partial charge in [0.15, 0.2) is 0 Å². The number of nitrogens with zero attached hydrogens (tertiary/aromatic N) is 3. The summed E-state index contributed by atoms with van der Waals surface area (Å²) in [4.78, 5) is 19.3. The summed E-state index contributed by atoms with van der Waals surface area (Å²) < 4.78 is 48.5. The number of carbonyl (C=O) groups is 1. The Morgan fingerprint density at radius 1 is 1.23 bits per heavy atom. The predicted molar refractivity (Wildman–Crippen MR) is 131 cm³/mol. The van der Waals surface area contributed by atoms with Crippen LogP contribution in [0.3, 0.4) is 0 Å². The van der Waals surface area contributed by atoms with Crippen molar-refractivity contribution in [2.75, 3.05) is 13.2 Å². The van der Waals surface area contributed by atoms with E-state index in [1.54, 1.807) is 16.8 Å². The Morgan fingerprint density at radius 2 is 1.97 bits per heavy atom. The van der Waals surface area contributed by atoms with Gasteiger partial charge in [-0.25, -0.2) is 17.8 Å². The molecule has 2 heterocycles. The van der Waals surface area contributed by atoms with E-state index in [1.807, 2.05) is 25.7 Å². The van der Waals surface area contributed by atoms with Crippen LogP contribution in [0.15, 0.2) is 35.6 Å². The fourth-order valence-electron chi connectivity index (χ4n) is 4.47. The van der Waals surface area contributed by atoms with Crippen LogP contribution in [0.1, 0.15) is 64.1 Å². The van der Waals surface area contributed by atoms with Gasteiger partial charge < -0.3 is 14.2 Å². The van der Waals surface area contributed by atoms with E-state index in [0.29, 0.717) is 44.3 Å². The second-order valence-electron chi connectivity index (χ2n) is 11.1. The van der Waals surface area contributed by atoms with Gasteiger partial charge in [0.2, 0.25) is 20.9 Å². The molecule has 35 heavy (non-hydrogen) atoms. The van der Waals surface area contributed by atoms with Gasteiger partial charge in [0, 0.05) is 25.1 Å². The molecule has 1 saturated heterocycles. The minimum Gasteiger partial charge on any atom is -0.376 e. The first-order chi connectivity index (χ1) is 16.5. The van der Waals surface area contributed by atoms with E-state index in [0.717, 1.165) is 25.7 Å². The van der Waals surface area contributed by atoms with Crippen molar-refractivity contribution in [3.8, 4) is 0 Å². The molecule has 0 unspecified atom stereocenters. The van der Waals surface area contributed by atoms with E-state index in [9.17, 15) is 17.6 Å². The van der Waals surface area contributed by atoms with Crippen molar-refractivity contribution >= 4 is 15.7 Å². The zero-order chi connectivity index (χ0) is 25.2. The van der Waals surface area contributed by atoms with Crippen molar-refractivity contribution in [2.24, 2.45) is 11.3 Å². The largest absolute Gasteiger partial charge is 0.376 e. The van der Waals surface area contributed by atoms with Gasteiger partial charge in [-0.3, -0.25) is 4.79 Å². The Morgan fingerprint density at radius 3 is 2.60 bits per heavy atom. The molecular weight excluding hydrogens is 469 g/mol. The maximum absolute atomic E-state index is 14.2. The number of amides is 1. The first-order valence-electron chi connectivity index (χ1n) is 12.4. The molecule has 0 spiro atoms. The lowest BCUT2D eigenvalue weighted by Crippen LogP contribution is -2.36. The summed E-state index contributed by atoms with van der Waals surface area (Å²) in [5.41, 5.74) is 0.623. The molecule has 1 aliphatic heterocycles. The van der Waals surface area contributed by atoms with Crippen LogP contribution in [0.25, 0.3) is 0 Å². The molecule has 9 heteroatoms. The van der Waals surface area contributed by atoms with Crippen LogP contribution in [0.5, 0.6) is 0 Å². The molecule has 2 aromatic rings. The summed E-state index contributed by atoms with van der Waals surface area (Å²) in [5.74, 6) is -0.476. The molecule has 1 aromatic carbocycles. The zero-order valence-corrected chi connectivity index (χ0v) is 21.7. The van der Waals surface area contributed by atoms with Crippen molar-refractivity contribution < 1.29 is 22.3 Å². The minimum absolute atomic E-state index is 0.0602. The van der Waals surface area contributed by atoms with Crippen LogP contribution in [0.2, 0.25) is 0 Å².